The highest BCUT2D eigenvalue weighted by Crippen LogP contribution is 2.36. The first-order chi connectivity index (χ1) is 16.2. The highest BCUT2D eigenvalue weighted by atomic mass is 32.2. The number of benzene rings is 2. The van der Waals surface area contributed by atoms with E-state index < -0.39 is 5.91 Å². The number of ether oxygens (including phenoxy) is 2. The third-order valence-corrected chi connectivity index (χ3v) is 5.69. The van der Waals surface area contributed by atoms with E-state index in [0.717, 1.165) is 5.56 Å². The molecule has 3 rings (SSSR count). The number of nitrogens with one attached hydrogen (secondary N) is 1. The van der Waals surface area contributed by atoms with Crippen molar-refractivity contribution in [2.45, 2.75) is 39.8 Å². The van der Waals surface area contributed by atoms with Gasteiger partial charge in [0, 0.05) is 17.8 Å². The van der Waals surface area contributed by atoms with E-state index in [4.69, 9.17) is 9.47 Å². The molecule has 1 aliphatic rings. The predicted octanol–water partition coefficient (Wildman–Crippen LogP) is 4.94. The van der Waals surface area contributed by atoms with E-state index in [1.807, 2.05) is 27.7 Å². The summed E-state index contributed by atoms with van der Waals surface area (Å²) in [5.41, 5.74) is 1.23. The van der Waals surface area contributed by atoms with Gasteiger partial charge in [-0.05, 0) is 87.5 Å². The van der Waals surface area contributed by atoms with Crippen molar-refractivity contribution in [2.24, 2.45) is 4.99 Å². The molecule has 1 saturated heterocycles. The Morgan fingerprint density at radius 1 is 1.15 bits per heavy atom. The molecule has 0 spiro atoms. The molecule has 0 aromatic heterocycles. The lowest BCUT2D eigenvalue weighted by Crippen LogP contribution is -2.35. The maximum Gasteiger partial charge on any atom is 0.266 e. The first kappa shape index (κ1) is 25.3. The van der Waals surface area contributed by atoms with E-state index in [1.54, 1.807) is 29.2 Å². The summed E-state index contributed by atoms with van der Waals surface area (Å²) in [5.74, 6) is -0.0480. The van der Waals surface area contributed by atoms with Crippen molar-refractivity contribution in [3.05, 3.63) is 58.8 Å². The summed E-state index contributed by atoms with van der Waals surface area (Å²) in [4.78, 5) is 32.0. The number of thioether (sulfide) groups is 1. The number of halogens is 1. The summed E-state index contributed by atoms with van der Waals surface area (Å²) in [5, 5.41) is 3.33. The zero-order valence-electron chi connectivity index (χ0n) is 19.8. The Morgan fingerprint density at radius 3 is 2.47 bits per heavy atom. The first-order valence-electron chi connectivity index (χ1n) is 10.8. The monoisotopic (exact) mass is 485 g/mol. The topological polar surface area (TPSA) is 80.2 Å². The van der Waals surface area contributed by atoms with Crippen molar-refractivity contribution < 1.29 is 23.5 Å². The van der Waals surface area contributed by atoms with Gasteiger partial charge in [-0.2, -0.15) is 0 Å². The van der Waals surface area contributed by atoms with Gasteiger partial charge in [0.15, 0.2) is 23.3 Å². The number of aliphatic imine (C=N–C) groups is 1. The molecule has 1 fully saturated rings. The summed E-state index contributed by atoms with van der Waals surface area (Å²) in [6.07, 6.45) is 1.79. The van der Waals surface area contributed by atoms with Crippen LogP contribution in [0.4, 0.5) is 10.1 Å². The fourth-order valence-corrected chi connectivity index (χ4v) is 4.40. The van der Waals surface area contributed by atoms with Gasteiger partial charge >= 0.3 is 0 Å². The molecule has 0 unspecified atom stereocenters. The van der Waals surface area contributed by atoms with Crippen LogP contribution in [0, 0.1) is 5.82 Å². The van der Waals surface area contributed by atoms with Crippen LogP contribution < -0.4 is 14.8 Å². The van der Waals surface area contributed by atoms with Crippen LogP contribution in [0.1, 0.15) is 33.3 Å². The molecule has 0 saturated carbocycles. The van der Waals surface area contributed by atoms with E-state index >= 15 is 0 Å². The average Bonchev–Trinajstić information content (AvgIpc) is 3.08. The Bertz CT molecular complexity index is 1110. The SMILES string of the molecule is COc1cc(/C=C2/SC(=NC(C)C)N(C(C)C)C2=O)ccc1OCC(=O)Nc1ccc(F)cc1. The number of amidine groups is 1. The van der Waals surface area contributed by atoms with Gasteiger partial charge in [-0.15, -0.1) is 0 Å². The number of methoxy groups -OCH3 is 1. The minimum atomic E-state index is -0.390. The fraction of sp³-hybridized carbons (Fsp3) is 0.320. The lowest BCUT2D eigenvalue weighted by Gasteiger charge is -2.20. The van der Waals surface area contributed by atoms with Gasteiger partial charge in [0.05, 0.1) is 12.0 Å². The number of rotatable bonds is 8. The van der Waals surface area contributed by atoms with E-state index in [1.165, 1.54) is 43.1 Å². The van der Waals surface area contributed by atoms with Gasteiger partial charge in [-0.1, -0.05) is 6.07 Å². The van der Waals surface area contributed by atoms with Gasteiger partial charge in [0.25, 0.3) is 11.8 Å². The Labute approximate surface area is 203 Å². The van der Waals surface area contributed by atoms with Crippen molar-refractivity contribution in [3.8, 4) is 11.5 Å². The molecular formula is C25H28FN3O4S. The van der Waals surface area contributed by atoms with E-state index in [0.29, 0.717) is 27.3 Å². The number of nitrogens with zero attached hydrogens (tertiary/aromatic N) is 2. The number of carbonyl (C=O) groups excluding carboxylic acids is 2. The zero-order chi connectivity index (χ0) is 24.8. The maximum absolute atomic E-state index is 13.0. The lowest BCUT2D eigenvalue weighted by atomic mass is 10.1. The second kappa shape index (κ2) is 11.2. The van der Waals surface area contributed by atoms with Crippen LogP contribution in [0.25, 0.3) is 6.08 Å². The molecule has 1 N–H and O–H groups in total. The summed E-state index contributed by atoms with van der Waals surface area (Å²) in [7, 11) is 1.50. The summed E-state index contributed by atoms with van der Waals surface area (Å²) in [6, 6.07) is 10.7. The van der Waals surface area contributed by atoms with Gasteiger partial charge < -0.3 is 14.8 Å². The van der Waals surface area contributed by atoms with Crippen LogP contribution in [0.3, 0.4) is 0 Å². The standard InChI is InChI=1S/C25H28FN3O4S/c1-15(2)27-25-29(16(3)4)24(31)22(34-25)13-17-6-11-20(21(12-17)32-5)33-14-23(30)28-19-9-7-18(26)8-10-19/h6-13,15-16H,14H2,1-5H3,(H,28,30)/b22-13+,27-25?. The van der Waals surface area contributed by atoms with Crippen molar-refractivity contribution in [2.75, 3.05) is 19.0 Å². The second-order valence-corrected chi connectivity index (χ2v) is 9.15. The number of anilines is 1. The smallest absolute Gasteiger partial charge is 0.266 e. The molecule has 9 heteroatoms. The van der Waals surface area contributed by atoms with E-state index in [2.05, 4.69) is 10.3 Å². The van der Waals surface area contributed by atoms with E-state index in [9.17, 15) is 14.0 Å². The molecule has 1 heterocycles. The molecule has 1 aliphatic heterocycles. The Morgan fingerprint density at radius 2 is 1.85 bits per heavy atom. The molecule has 0 atom stereocenters. The molecule has 0 radical (unpaired) electrons. The minimum absolute atomic E-state index is 0.00484. The fourth-order valence-electron chi connectivity index (χ4n) is 3.17. The quantitative estimate of drug-likeness (QED) is 0.536. The third kappa shape index (κ3) is 6.38. The Hall–Kier alpha value is -3.33. The Kier molecular flexibility index (Phi) is 8.33. The van der Waals surface area contributed by atoms with Gasteiger partial charge in [-0.3, -0.25) is 19.5 Å². The molecule has 2 aromatic carbocycles. The molecule has 180 valence electrons. The highest BCUT2D eigenvalue weighted by Gasteiger charge is 2.35. The number of amides is 2. The van der Waals surface area contributed by atoms with Gasteiger partial charge in [0.1, 0.15) is 5.82 Å². The lowest BCUT2D eigenvalue weighted by molar-refractivity contribution is -0.123. The van der Waals surface area contributed by atoms with Crippen molar-refractivity contribution in [3.63, 3.8) is 0 Å². The molecular weight excluding hydrogens is 457 g/mol. The average molecular weight is 486 g/mol. The van der Waals surface area contributed by atoms with Crippen molar-refractivity contribution >= 4 is 40.5 Å². The van der Waals surface area contributed by atoms with Crippen molar-refractivity contribution in [1.29, 1.82) is 0 Å². The maximum atomic E-state index is 13.0. The van der Waals surface area contributed by atoms with Crippen LogP contribution in [0.15, 0.2) is 52.4 Å². The summed E-state index contributed by atoms with van der Waals surface area (Å²) < 4.78 is 24.0. The number of carbonyl (C=O) groups is 2. The van der Waals surface area contributed by atoms with Crippen LogP contribution in [0.2, 0.25) is 0 Å². The van der Waals surface area contributed by atoms with Gasteiger partial charge in [-0.25, -0.2) is 4.39 Å². The predicted molar refractivity (Wildman–Crippen MR) is 134 cm³/mol. The minimum Gasteiger partial charge on any atom is -0.493 e. The summed E-state index contributed by atoms with van der Waals surface area (Å²) >= 11 is 1.35. The van der Waals surface area contributed by atoms with Crippen LogP contribution in [0.5, 0.6) is 11.5 Å². The molecule has 7 nitrogen and oxygen atoms in total. The van der Waals surface area contributed by atoms with E-state index in [-0.39, 0.29) is 30.4 Å². The number of hydrogen-bond donors (Lipinski definition) is 1. The molecule has 0 bridgehead atoms. The normalized spacial score (nSPS) is 16.1. The first-order valence-corrected chi connectivity index (χ1v) is 11.7. The zero-order valence-corrected chi connectivity index (χ0v) is 20.6. The summed E-state index contributed by atoms with van der Waals surface area (Å²) in [6.45, 7) is 7.61. The highest BCUT2D eigenvalue weighted by molar-refractivity contribution is 8.18. The van der Waals surface area contributed by atoms with Gasteiger partial charge in [0.2, 0.25) is 0 Å². The molecule has 34 heavy (non-hydrogen) atoms. The van der Waals surface area contributed by atoms with Crippen LogP contribution in [-0.4, -0.2) is 47.7 Å². The third-order valence-electron chi connectivity index (χ3n) is 4.69. The van der Waals surface area contributed by atoms with Crippen LogP contribution >= 0.6 is 11.8 Å². The molecule has 2 aromatic rings. The second-order valence-electron chi connectivity index (χ2n) is 8.14. The Balaban J connectivity index is 1.72. The van der Waals surface area contributed by atoms with Crippen molar-refractivity contribution in [1.82, 2.24) is 4.90 Å². The molecule has 0 aliphatic carbocycles. The van der Waals surface area contributed by atoms with Crippen LogP contribution in [-0.2, 0) is 9.59 Å². The largest absolute Gasteiger partial charge is 0.493 e. The molecule has 2 amide bonds. The number of hydrogen-bond acceptors (Lipinski definition) is 6.